The summed E-state index contributed by atoms with van der Waals surface area (Å²) in [6.07, 6.45) is 6.12. The largest absolute Gasteiger partial charge is 0.390 e. The van der Waals surface area contributed by atoms with Crippen LogP contribution in [-0.4, -0.2) is 22.3 Å². The molecule has 0 aliphatic heterocycles. The van der Waals surface area contributed by atoms with Gasteiger partial charge in [0.2, 0.25) is 0 Å². The second kappa shape index (κ2) is 8.47. The summed E-state index contributed by atoms with van der Waals surface area (Å²) in [5.41, 5.74) is 1.55. The van der Waals surface area contributed by atoms with Gasteiger partial charge >= 0.3 is 0 Å². The summed E-state index contributed by atoms with van der Waals surface area (Å²) in [6.45, 7) is 4.19. The third kappa shape index (κ3) is 4.30. The quantitative estimate of drug-likeness (QED) is 0.527. The van der Waals surface area contributed by atoms with Gasteiger partial charge in [0.25, 0.3) is 0 Å². The van der Waals surface area contributed by atoms with Gasteiger partial charge in [0.05, 0.1) is 11.2 Å². The predicted molar refractivity (Wildman–Crippen MR) is 126 cm³/mol. The molecule has 0 heterocycles. The van der Waals surface area contributed by atoms with E-state index in [-0.39, 0.29) is 17.1 Å². The first-order valence-corrected chi connectivity index (χ1v) is 12.4. The van der Waals surface area contributed by atoms with Crippen LogP contribution in [0.1, 0.15) is 84.2 Å². The van der Waals surface area contributed by atoms with Gasteiger partial charge in [-0.15, -0.1) is 0 Å². The number of rotatable bonds is 7. The fraction of sp³-hybridized carbons (Fsp3) is 0.517. The van der Waals surface area contributed by atoms with Gasteiger partial charge < -0.3 is 5.11 Å². The van der Waals surface area contributed by atoms with Crippen LogP contribution in [-0.2, 0) is 6.42 Å². The van der Waals surface area contributed by atoms with Crippen LogP contribution in [0.2, 0.25) is 0 Å². The molecule has 0 radical (unpaired) electrons. The summed E-state index contributed by atoms with van der Waals surface area (Å²) in [6, 6.07) is 11.3. The molecule has 0 aromatic heterocycles. The molecular weight excluding hydrogens is 415 g/mol. The number of hydrogen-bond donors (Lipinski definition) is 1. The molecule has 4 aliphatic rings. The van der Waals surface area contributed by atoms with Crippen molar-refractivity contribution in [1.29, 1.82) is 0 Å². The van der Waals surface area contributed by atoms with Crippen LogP contribution in [0.25, 0.3) is 0 Å². The van der Waals surface area contributed by atoms with E-state index in [1.54, 1.807) is 30.3 Å². The van der Waals surface area contributed by atoms with Gasteiger partial charge in [-0.05, 0) is 91.9 Å². The van der Waals surface area contributed by atoms with E-state index in [4.69, 9.17) is 0 Å². The average Bonchev–Trinajstić information content (AvgIpc) is 2.74. The molecule has 4 fully saturated rings. The summed E-state index contributed by atoms with van der Waals surface area (Å²) in [5, 5.41) is 10.9. The Morgan fingerprint density at radius 2 is 1.73 bits per heavy atom. The first-order valence-electron chi connectivity index (χ1n) is 12.4. The minimum Gasteiger partial charge on any atom is -0.390 e. The van der Waals surface area contributed by atoms with E-state index in [2.05, 4.69) is 13.8 Å². The molecule has 0 amide bonds. The summed E-state index contributed by atoms with van der Waals surface area (Å²) >= 11 is 0. The van der Waals surface area contributed by atoms with Crippen molar-refractivity contribution in [3.8, 4) is 0 Å². The third-order valence-corrected chi connectivity index (χ3v) is 8.27. The Labute approximate surface area is 195 Å². The number of hydrogen-bond acceptors (Lipinski definition) is 3. The molecule has 4 aliphatic carbocycles. The van der Waals surface area contributed by atoms with Crippen LogP contribution in [0.4, 0.5) is 4.39 Å². The van der Waals surface area contributed by atoms with E-state index in [1.807, 2.05) is 0 Å². The fourth-order valence-electron chi connectivity index (χ4n) is 7.16. The maximum absolute atomic E-state index is 14.2. The summed E-state index contributed by atoms with van der Waals surface area (Å²) in [7, 11) is 0. The summed E-state index contributed by atoms with van der Waals surface area (Å²) in [5.74, 6) is 1.44. The van der Waals surface area contributed by atoms with Gasteiger partial charge in [0, 0.05) is 17.5 Å². The van der Waals surface area contributed by atoms with Crippen LogP contribution in [0.5, 0.6) is 0 Å². The normalized spacial score (nSPS) is 30.1. The molecule has 2 aromatic rings. The number of ketones is 2. The highest BCUT2D eigenvalue weighted by molar-refractivity contribution is 6.10. The molecule has 3 nitrogen and oxygen atoms in total. The Kier molecular flexibility index (Phi) is 5.76. The second-order valence-electron chi connectivity index (χ2n) is 11.3. The first-order chi connectivity index (χ1) is 15.7. The lowest BCUT2D eigenvalue weighted by Crippen LogP contribution is -2.54. The van der Waals surface area contributed by atoms with Gasteiger partial charge in [0.15, 0.2) is 11.6 Å². The Morgan fingerprint density at radius 3 is 2.36 bits per heavy atom. The number of benzene rings is 2. The van der Waals surface area contributed by atoms with Gasteiger partial charge in [-0.1, -0.05) is 38.1 Å². The van der Waals surface area contributed by atoms with Crippen molar-refractivity contribution < 1.29 is 19.1 Å². The number of carbonyl (C=O) groups excluding carboxylic acids is 2. The molecule has 2 aromatic carbocycles. The molecule has 174 valence electrons. The van der Waals surface area contributed by atoms with Crippen molar-refractivity contribution in [2.75, 3.05) is 0 Å². The lowest BCUT2D eigenvalue weighted by atomic mass is 9.49. The van der Waals surface area contributed by atoms with Crippen LogP contribution < -0.4 is 0 Å². The third-order valence-electron chi connectivity index (χ3n) is 8.27. The van der Waals surface area contributed by atoms with Gasteiger partial charge in [-0.2, -0.15) is 0 Å². The van der Waals surface area contributed by atoms with Crippen LogP contribution in [0, 0.1) is 35.4 Å². The van der Waals surface area contributed by atoms with Gasteiger partial charge in [0.1, 0.15) is 5.82 Å². The first kappa shape index (κ1) is 22.5. The van der Waals surface area contributed by atoms with Gasteiger partial charge in [-0.25, -0.2) is 4.39 Å². The van der Waals surface area contributed by atoms with E-state index in [0.29, 0.717) is 53.6 Å². The maximum atomic E-state index is 14.2. The highest BCUT2D eigenvalue weighted by atomic mass is 19.1. The molecule has 4 bridgehead atoms. The second-order valence-corrected chi connectivity index (χ2v) is 11.3. The standard InChI is InChI=1S/C29H33FO3/c1-17(2)9-20-12-19(28(32)24-5-3-4-6-26(24)30)7-8-23(20)27(31)13-25-21-10-18-11-22(25)16-29(33,14-18)15-21/h3-8,12,17-18,21-22,25,33H,9-11,13-16H2,1-2H3. The molecular formula is C29H33FO3. The van der Waals surface area contributed by atoms with E-state index < -0.39 is 11.4 Å². The minimum absolute atomic E-state index is 0.0543. The van der Waals surface area contributed by atoms with Crippen LogP contribution >= 0.6 is 0 Å². The summed E-state index contributed by atoms with van der Waals surface area (Å²) < 4.78 is 14.2. The predicted octanol–water partition coefficient (Wildman–Crippen LogP) is 6.02. The van der Waals surface area contributed by atoms with Crippen LogP contribution in [0.3, 0.4) is 0 Å². The molecule has 0 saturated heterocycles. The maximum Gasteiger partial charge on any atom is 0.195 e. The Balaban J connectivity index is 1.40. The minimum atomic E-state index is -0.531. The molecule has 6 rings (SSSR count). The highest BCUT2D eigenvalue weighted by Crippen LogP contribution is 2.59. The zero-order valence-electron chi connectivity index (χ0n) is 19.5. The molecule has 33 heavy (non-hydrogen) atoms. The molecule has 1 N–H and O–H groups in total. The molecule has 4 saturated carbocycles. The van der Waals surface area contributed by atoms with Crippen molar-refractivity contribution in [1.82, 2.24) is 0 Å². The van der Waals surface area contributed by atoms with Crippen molar-refractivity contribution in [2.24, 2.45) is 29.6 Å². The molecule has 2 atom stereocenters. The van der Waals surface area contributed by atoms with Crippen molar-refractivity contribution in [3.05, 3.63) is 70.5 Å². The van der Waals surface area contributed by atoms with Gasteiger partial charge in [-0.3, -0.25) is 9.59 Å². The number of aliphatic hydroxyl groups is 1. The van der Waals surface area contributed by atoms with Crippen LogP contribution in [0.15, 0.2) is 42.5 Å². The zero-order chi connectivity index (χ0) is 23.3. The smallest absolute Gasteiger partial charge is 0.195 e. The monoisotopic (exact) mass is 448 g/mol. The van der Waals surface area contributed by atoms with Crippen molar-refractivity contribution >= 4 is 11.6 Å². The summed E-state index contributed by atoms with van der Waals surface area (Å²) in [4.78, 5) is 26.5. The lowest BCUT2D eigenvalue weighted by Gasteiger charge is -2.58. The topological polar surface area (TPSA) is 54.4 Å². The average molecular weight is 449 g/mol. The van der Waals surface area contributed by atoms with Crippen molar-refractivity contribution in [2.45, 2.75) is 64.4 Å². The Morgan fingerprint density at radius 1 is 1.03 bits per heavy atom. The Bertz CT molecular complexity index is 1070. The van der Waals surface area contributed by atoms with E-state index >= 15 is 0 Å². The molecule has 0 spiro atoms. The highest BCUT2D eigenvalue weighted by Gasteiger charge is 2.54. The Hall–Kier alpha value is -2.33. The lowest BCUT2D eigenvalue weighted by molar-refractivity contribution is -0.151. The number of carbonyl (C=O) groups is 2. The number of Topliss-reactive ketones (excluding diaryl/α,β-unsaturated/α-hetero) is 1. The SMILES string of the molecule is CC(C)Cc1cc(C(=O)c2ccccc2F)ccc1C(=O)CC1C2CC3CC1CC(O)(C3)C2. The number of halogens is 1. The zero-order valence-corrected chi connectivity index (χ0v) is 19.5. The molecule has 2 unspecified atom stereocenters. The van der Waals surface area contributed by atoms with E-state index in [1.165, 1.54) is 12.1 Å². The van der Waals surface area contributed by atoms with Crippen molar-refractivity contribution in [3.63, 3.8) is 0 Å². The molecule has 4 heteroatoms. The van der Waals surface area contributed by atoms with E-state index in [0.717, 1.165) is 37.7 Å². The van der Waals surface area contributed by atoms with E-state index in [9.17, 15) is 19.1 Å². The fourth-order valence-corrected chi connectivity index (χ4v) is 7.16.